The molecule has 1 nitrogen and oxygen atoms in total. The Balaban J connectivity index is 2.53. The molecule has 0 N–H and O–H groups in total. The molecular weight excluding hydrogens is 338 g/mol. The normalized spacial score (nSPS) is 10.6. The third kappa shape index (κ3) is 2.85. The first-order chi connectivity index (χ1) is 8.90. The van der Waals surface area contributed by atoms with E-state index in [0.29, 0.717) is 10.0 Å². The standard InChI is InChI=1S/C14H8BrClF2O/c1-7-2-3-8(10(15)4-7)14(19)9-5-12(17)13(18)6-11(9)16/h2-6H,1H3. The average molecular weight is 346 g/mol. The van der Waals surface area contributed by atoms with Crippen molar-refractivity contribution in [2.24, 2.45) is 0 Å². The van der Waals surface area contributed by atoms with Crippen molar-refractivity contribution in [3.8, 4) is 0 Å². The van der Waals surface area contributed by atoms with Crippen LogP contribution >= 0.6 is 27.5 Å². The van der Waals surface area contributed by atoms with Crippen LogP contribution in [-0.4, -0.2) is 5.78 Å². The number of aryl methyl sites for hydroxylation is 1. The fraction of sp³-hybridized carbons (Fsp3) is 0.0714. The van der Waals surface area contributed by atoms with E-state index in [-0.39, 0.29) is 10.6 Å². The fourth-order valence-electron chi connectivity index (χ4n) is 1.65. The number of carbonyl (C=O) groups excluding carboxylic acids is 1. The van der Waals surface area contributed by atoms with E-state index < -0.39 is 17.4 Å². The lowest BCUT2D eigenvalue weighted by Crippen LogP contribution is -2.05. The van der Waals surface area contributed by atoms with E-state index in [1.165, 1.54) is 0 Å². The summed E-state index contributed by atoms with van der Waals surface area (Å²) in [5.41, 5.74) is 1.25. The van der Waals surface area contributed by atoms with Gasteiger partial charge < -0.3 is 0 Å². The molecule has 0 radical (unpaired) electrons. The molecular formula is C14H8BrClF2O. The van der Waals surface area contributed by atoms with Crippen molar-refractivity contribution >= 4 is 33.3 Å². The van der Waals surface area contributed by atoms with Crippen molar-refractivity contribution in [1.82, 2.24) is 0 Å². The van der Waals surface area contributed by atoms with E-state index in [1.807, 2.05) is 6.92 Å². The minimum atomic E-state index is -1.10. The highest BCUT2D eigenvalue weighted by Gasteiger charge is 2.18. The summed E-state index contributed by atoms with van der Waals surface area (Å²) in [4.78, 5) is 12.3. The highest BCUT2D eigenvalue weighted by atomic mass is 79.9. The number of benzene rings is 2. The minimum absolute atomic E-state index is 0.0647. The molecule has 0 unspecified atom stereocenters. The van der Waals surface area contributed by atoms with E-state index in [9.17, 15) is 13.6 Å². The highest BCUT2D eigenvalue weighted by Crippen LogP contribution is 2.26. The van der Waals surface area contributed by atoms with Gasteiger partial charge in [-0.2, -0.15) is 0 Å². The van der Waals surface area contributed by atoms with Crippen LogP contribution in [0.25, 0.3) is 0 Å². The van der Waals surface area contributed by atoms with Gasteiger partial charge in [0.05, 0.1) is 5.02 Å². The summed E-state index contributed by atoms with van der Waals surface area (Å²) in [7, 11) is 0. The van der Waals surface area contributed by atoms with Crippen molar-refractivity contribution in [1.29, 1.82) is 0 Å². The predicted molar refractivity (Wildman–Crippen MR) is 73.7 cm³/mol. The van der Waals surface area contributed by atoms with Gasteiger partial charge in [-0.15, -0.1) is 0 Å². The Labute approximate surface area is 122 Å². The maximum Gasteiger partial charge on any atom is 0.195 e. The first-order valence-electron chi connectivity index (χ1n) is 5.35. The van der Waals surface area contributed by atoms with Crippen molar-refractivity contribution in [3.63, 3.8) is 0 Å². The summed E-state index contributed by atoms with van der Waals surface area (Å²) < 4.78 is 26.8. The zero-order chi connectivity index (χ0) is 14.2. The second-order valence-corrected chi connectivity index (χ2v) is 5.32. The molecule has 19 heavy (non-hydrogen) atoms. The zero-order valence-electron chi connectivity index (χ0n) is 9.81. The fourth-order valence-corrected chi connectivity index (χ4v) is 2.56. The third-order valence-corrected chi connectivity index (χ3v) is 3.59. The topological polar surface area (TPSA) is 17.1 Å². The lowest BCUT2D eigenvalue weighted by atomic mass is 10.0. The van der Waals surface area contributed by atoms with Gasteiger partial charge in [-0.25, -0.2) is 8.78 Å². The molecule has 0 saturated carbocycles. The summed E-state index contributed by atoms with van der Waals surface area (Å²) in [6.07, 6.45) is 0. The Bertz CT molecular complexity index is 671. The Morgan fingerprint density at radius 1 is 1.11 bits per heavy atom. The van der Waals surface area contributed by atoms with Crippen molar-refractivity contribution < 1.29 is 13.6 Å². The third-order valence-electron chi connectivity index (χ3n) is 2.62. The van der Waals surface area contributed by atoms with Gasteiger partial charge in [-0.3, -0.25) is 4.79 Å². The van der Waals surface area contributed by atoms with Crippen LogP contribution in [0.5, 0.6) is 0 Å². The largest absolute Gasteiger partial charge is 0.289 e. The van der Waals surface area contributed by atoms with E-state index in [4.69, 9.17) is 11.6 Å². The van der Waals surface area contributed by atoms with E-state index in [2.05, 4.69) is 15.9 Å². The van der Waals surface area contributed by atoms with Crippen LogP contribution in [0.1, 0.15) is 21.5 Å². The maximum absolute atomic E-state index is 13.2. The molecule has 0 fully saturated rings. The summed E-state index contributed by atoms with van der Waals surface area (Å²) >= 11 is 9.06. The summed E-state index contributed by atoms with van der Waals surface area (Å²) in [5, 5.41) is -0.114. The Morgan fingerprint density at radius 2 is 1.74 bits per heavy atom. The van der Waals surface area contributed by atoms with Gasteiger partial charge in [0, 0.05) is 15.6 Å². The molecule has 0 spiro atoms. The van der Waals surface area contributed by atoms with Crippen molar-refractivity contribution in [2.75, 3.05) is 0 Å². The van der Waals surface area contributed by atoms with E-state index >= 15 is 0 Å². The van der Waals surface area contributed by atoms with Crippen LogP contribution in [0.3, 0.4) is 0 Å². The lowest BCUT2D eigenvalue weighted by molar-refractivity contribution is 0.103. The van der Waals surface area contributed by atoms with Crippen molar-refractivity contribution in [3.05, 3.63) is 68.2 Å². The first-order valence-corrected chi connectivity index (χ1v) is 6.52. The quantitative estimate of drug-likeness (QED) is 0.558. The summed E-state index contributed by atoms with van der Waals surface area (Å²) in [6, 6.07) is 6.74. The molecule has 0 aromatic heterocycles. The Kier molecular flexibility index (Phi) is 4.02. The zero-order valence-corrected chi connectivity index (χ0v) is 12.1. The number of hydrogen-bond donors (Lipinski definition) is 0. The minimum Gasteiger partial charge on any atom is -0.289 e. The highest BCUT2D eigenvalue weighted by molar-refractivity contribution is 9.10. The van der Waals surface area contributed by atoms with Gasteiger partial charge in [0.25, 0.3) is 0 Å². The smallest absolute Gasteiger partial charge is 0.195 e. The van der Waals surface area contributed by atoms with E-state index in [0.717, 1.165) is 17.7 Å². The summed E-state index contributed by atoms with van der Waals surface area (Å²) in [5.74, 6) is -2.64. The van der Waals surface area contributed by atoms with Gasteiger partial charge in [0.15, 0.2) is 17.4 Å². The van der Waals surface area contributed by atoms with Crippen LogP contribution in [0.4, 0.5) is 8.78 Å². The molecule has 0 saturated heterocycles. The van der Waals surface area contributed by atoms with Gasteiger partial charge in [-0.1, -0.05) is 33.6 Å². The summed E-state index contributed by atoms with van der Waals surface area (Å²) in [6.45, 7) is 1.88. The van der Waals surface area contributed by atoms with Crippen LogP contribution < -0.4 is 0 Å². The molecule has 0 heterocycles. The molecule has 0 aliphatic heterocycles. The number of halogens is 4. The molecule has 0 amide bonds. The van der Waals surface area contributed by atoms with Crippen LogP contribution in [-0.2, 0) is 0 Å². The Hall–Kier alpha value is -1.26. The number of ketones is 1. The molecule has 0 bridgehead atoms. The SMILES string of the molecule is Cc1ccc(C(=O)c2cc(F)c(F)cc2Cl)c(Br)c1. The van der Waals surface area contributed by atoms with Crippen molar-refractivity contribution in [2.45, 2.75) is 6.92 Å². The molecule has 98 valence electrons. The van der Waals surface area contributed by atoms with E-state index in [1.54, 1.807) is 18.2 Å². The maximum atomic E-state index is 13.2. The monoisotopic (exact) mass is 344 g/mol. The van der Waals surface area contributed by atoms with Gasteiger partial charge in [0.1, 0.15) is 0 Å². The number of hydrogen-bond acceptors (Lipinski definition) is 1. The molecule has 0 aliphatic rings. The molecule has 0 aliphatic carbocycles. The average Bonchev–Trinajstić information content (AvgIpc) is 2.33. The lowest BCUT2D eigenvalue weighted by Gasteiger charge is -2.07. The molecule has 2 rings (SSSR count). The second-order valence-electron chi connectivity index (χ2n) is 4.06. The van der Waals surface area contributed by atoms with Gasteiger partial charge in [-0.05, 0) is 36.8 Å². The number of carbonyl (C=O) groups is 1. The molecule has 5 heteroatoms. The molecule has 2 aromatic rings. The van der Waals surface area contributed by atoms with Crippen LogP contribution in [0.15, 0.2) is 34.8 Å². The first kappa shape index (κ1) is 14.2. The van der Waals surface area contributed by atoms with Gasteiger partial charge >= 0.3 is 0 Å². The molecule has 2 aromatic carbocycles. The second kappa shape index (κ2) is 5.39. The number of rotatable bonds is 2. The molecule has 0 atom stereocenters. The Morgan fingerprint density at radius 3 is 2.37 bits per heavy atom. The predicted octanol–water partition coefficient (Wildman–Crippen LogP) is 4.92. The van der Waals surface area contributed by atoms with Gasteiger partial charge in [0.2, 0.25) is 0 Å². The van der Waals surface area contributed by atoms with Crippen LogP contribution in [0, 0.1) is 18.6 Å². The van der Waals surface area contributed by atoms with Crippen LogP contribution in [0.2, 0.25) is 5.02 Å².